The van der Waals surface area contributed by atoms with Gasteiger partial charge in [-0.2, -0.15) is 0 Å². The van der Waals surface area contributed by atoms with E-state index in [1.54, 1.807) is 31.2 Å². The van der Waals surface area contributed by atoms with Crippen molar-refractivity contribution in [3.05, 3.63) is 64.7 Å². The van der Waals surface area contributed by atoms with Crippen molar-refractivity contribution in [1.82, 2.24) is 0 Å². The number of halogens is 1. The van der Waals surface area contributed by atoms with Gasteiger partial charge >= 0.3 is 5.97 Å². The number of benzene rings is 2. The Bertz CT molecular complexity index is 885. The molecule has 0 unspecified atom stereocenters. The van der Waals surface area contributed by atoms with Gasteiger partial charge in [-0.1, -0.05) is 12.1 Å². The van der Waals surface area contributed by atoms with Crippen LogP contribution in [-0.4, -0.2) is 25.5 Å². The number of allylic oxidation sites excluding steroid dienone is 1. The minimum atomic E-state index is -0.511. The molecule has 0 saturated carbocycles. The summed E-state index contributed by atoms with van der Waals surface area (Å²) in [5.41, 5.74) is 1.51. The molecule has 3 rings (SSSR count). The van der Waals surface area contributed by atoms with E-state index in [1.807, 2.05) is 0 Å². The van der Waals surface area contributed by atoms with Crippen LogP contribution in [-0.2, 0) is 9.53 Å². The fourth-order valence-corrected chi connectivity index (χ4v) is 2.47. The van der Waals surface area contributed by atoms with E-state index < -0.39 is 11.8 Å². The third-order valence-electron chi connectivity index (χ3n) is 3.76. The number of hydrogen-bond acceptors (Lipinski definition) is 5. The van der Waals surface area contributed by atoms with Crippen molar-refractivity contribution in [2.24, 2.45) is 0 Å². The molecule has 0 spiro atoms. The van der Waals surface area contributed by atoms with E-state index in [2.05, 4.69) is 4.74 Å². The summed E-state index contributed by atoms with van der Waals surface area (Å²) in [6, 6.07) is 9.03. The Balaban J connectivity index is 1.88. The quantitative estimate of drug-likeness (QED) is 0.630. The Morgan fingerprint density at radius 1 is 1.28 bits per heavy atom. The predicted octanol–water partition coefficient (Wildman–Crippen LogP) is 3.30. The van der Waals surface area contributed by atoms with Gasteiger partial charge in [0, 0.05) is 5.56 Å². The molecule has 25 heavy (non-hydrogen) atoms. The summed E-state index contributed by atoms with van der Waals surface area (Å²) in [4.78, 5) is 23.7. The van der Waals surface area contributed by atoms with E-state index in [4.69, 9.17) is 9.47 Å². The molecule has 0 aromatic heterocycles. The van der Waals surface area contributed by atoms with Crippen LogP contribution in [0, 0.1) is 12.7 Å². The molecule has 0 radical (unpaired) electrons. The lowest BCUT2D eigenvalue weighted by atomic mass is 10.1. The zero-order valence-corrected chi connectivity index (χ0v) is 13.7. The van der Waals surface area contributed by atoms with Gasteiger partial charge in [-0.25, -0.2) is 9.18 Å². The van der Waals surface area contributed by atoms with Crippen molar-refractivity contribution < 1.29 is 28.2 Å². The molecule has 2 aromatic carbocycles. The van der Waals surface area contributed by atoms with E-state index in [1.165, 1.54) is 25.3 Å². The first kappa shape index (κ1) is 16.7. The van der Waals surface area contributed by atoms with Crippen molar-refractivity contribution in [2.75, 3.05) is 13.7 Å². The highest BCUT2D eigenvalue weighted by Gasteiger charge is 2.30. The van der Waals surface area contributed by atoms with E-state index in [-0.39, 0.29) is 18.1 Å². The molecule has 1 heterocycles. The van der Waals surface area contributed by atoms with Gasteiger partial charge in [0.15, 0.2) is 12.4 Å². The number of Topliss-reactive ketones (excluding diaryl/α,β-unsaturated/α-hetero) is 1. The smallest absolute Gasteiger partial charge is 0.343 e. The van der Waals surface area contributed by atoms with Crippen molar-refractivity contribution in [1.29, 1.82) is 0 Å². The first-order valence-electron chi connectivity index (χ1n) is 7.52. The number of methoxy groups -OCH3 is 1. The molecule has 1 aliphatic heterocycles. The third kappa shape index (κ3) is 3.38. The minimum absolute atomic E-state index is 0.105. The lowest BCUT2D eigenvalue weighted by Gasteiger charge is -2.10. The number of carbonyl (C=O) groups excluding carboxylic acids is 2. The topological polar surface area (TPSA) is 61.8 Å². The van der Waals surface area contributed by atoms with E-state index in [0.717, 1.165) is 0 Å². The zero-order valence-electron chi connectivity index (χ0n) is 13.7. The summed E-state index contributed by atoms with van der Waals surface area (Å²) < 4.78 is 28.9. The SMILES string of the molecule is COC(=O)COc1ccc2c(c1C)O/C(=C\c1cccc(F)c1)C2=O. The highest BCUT2D eigenvalue weighted by molar-refractivity contribution is 6.14. The summed E-state index contributed by atoms with van der Waals surface area (Å²) in [6.45, 7) is 1.49. The fraction of sp³-hybridized carbons (Fsp3) is 0.158. The standard InChI is InChI=1S/C19H15FO5/c1-11-15(24-10-17(21)23-2)7-6-14-18(22)16(25-19(11)14)9-12-4-3-5-13(20)8-12/h3-9H,10H2,1-2H3/b16-9-. The fourth-order valence-electron chi connectivity index (χ4n) is 2.47. The second kappa shape index (κ2) is 6.76. The van der Waals surface area contributed by atoms with Crippen LogP contribution < -0.4 is 9.47 Å². The van der Waals surface area contributed by atoms with Gasteiger partial charge in [0.25, 0.3) is 0 Å². The maximum Gasteiger partial charge on any atom is 0.343 e. The summed E-state index contributed by atoms with van der Waals surface area (Å²) in [7, 11) is 1.27. The molecular formula is C19H15FO5. The number of hydrogen-bond donors (Lipinski definition) is 0. The molecular weight excluding hydrogens is 327 g/mol. The van der Waals surface area contributed by atoms with Crippen LogP contribution in [0.15, 0.2) is 42.2 Å². The van der Waals surface area contributed by atoms with Gasteiger partial charge in [0.1, 0.15) is 17.3 Å². The average molecular weight is 342 g/mol. The summed E-state index contributed by atoms with van der Waals surface area (Å²) in [5, 5.41) is 0. The van der Waals surface area contributed by atoms with E-state index in [9.17, 15) is 14.0 Å². The lowest BCUT2D eigenvalue weighted by Crippen LogP contribution is -2.13. The molecule has 0 N–H and O–H groups in total. The maximum absolute atomic E-state index is 13.3. The van der Waals surface area contributed by atoms with E-state index in [0.29, 0.717) is 28.2 Å². The third-order valence-corrected chi connectivity index (χ3v) is 3.76. The first-order chi connectivity index (χ1) is 12.0. The molecule has 1 aliphatic rings. The Hall–Kier alpha value is -3.15. The number of ketones is 1. The molecule has 0 saturated heterocycles. The van der Waals surface area contributed by atoms with E-state index >= 15 is 0 Å². The first-order valence-corrected chi connectivity index (χ1v) is 7.52. The van der Waals surface area contributed by atoms with Gasteiger partial charge in [-0.3, -0.25) is 4.79 Å². The average Bonchev–Trinajstić information content (AvgIpc) is 2.91. The number of rotatable bonds is 4. The number of carbonyl (C=O) groups is 2. The Morgan fingerprint density at radius 2 is 2.08 bits per heavy atom. The van der Waals surface area contributed by atoms with Crippen molar-refractivity contribution in [3.8, 4) is 11.5 Å². The van der Waals surface area contributed by atoms with Crippen molar-refractivity contribution >= 4 is 17.8 Å². The zero-order chi connectivity index (χ0) is 18.0. The summed E-state index contributed by atoms with van der Waals surface area (Å²) in [6.07, 6.45) is 1.49. The lowest BCUT2D eigenvalue weighted by molar-refractivity contribution is -0.142. The molecule has 5 nitrogen and oxygen atoms in total. The van der Waals surface area contributed by atoms with Crippen LogP contribution in [0.1, 0.15) is 21.5 Å². The number of fused-ring (bicyclic) bond motifs is 1. The Labute approximate surface area is 143 Å². The molecule has 128 valence electrons. The summed E-state index contributed by atoms with van der Waals surface area (Å²) in [5.74, 6) is -0.301. The van der Waals surface area contributed by atoms with Gasteiger partial charge < -0.3 is 14.2 Å². The maximum atomic E-state index is 13.3. The number of esters is 1. The van der Waals surface area contributed by atoms with Gasteiger partial charge in [-0.05, 0) is 42.8 Å². The predicted molar refractivity (Wildman–Crippen MR) is 88.0 cm³/mol. The summed E-state index contributed by atoms with van der Waals surface area (Å²) >= 11 is 0. The van der Waals surface area contributed by atoms with Crippen LogP contribution in [0.3, 0.4) is 0 Å². The Morgan fingerprint density at radius 3 is 2.80 bits per heavy atom. The molecule has 0 bridgehead atoms. The van der Waals surface area contributed by atoms with Gasteiger partial charge in [-0.15, -0.1) is 0 Å². The number of ether oxygens (including phenoxy) is 3. The molecule has 0 atom stereocenters. The van der Waals surface area contributed by atoms with Crippen molar-refractivity contribution in [3.63, 3.8) is 0 Å². The van der Waals surface area contributed by atoms with Crippen LogP contribution in [0.2, 0.25) is 0 Å². The molecule has 0 aliphatic carbocycles. The second-order valence-electron chi connectivity index (χ2n) is 5.42. The van der Waals surface area contributed by atoms with Gasteiger partial charge in [0.05, 0.1) is 12.7 Å². The van der Waals surface area contributed by atoms with Crippen LogP contribution >= 0.6 is 0 Å². The molecule has 2 aromatic rings. The van der Waals surface area contributed by atoms with Gasteiger partial charge in [0.2, 0.25) is 5.78 Å². The molecule has 0 amide bonds. The highest BCUT2D eigenvalue weighted by Crippen LogP contribution is 2.39. The van der Waals surface area contributed by atoms with Crippen LogP contribution in [0.4, 0.5) is 4.39 Å². The monoisotopic (exact) mass is 342 g/mol. The normalized spacial score (nSPS) is 14.2. The van der Waals surface area contributed by atoms with Crippen molar-refractivity contribution in [2.45, 2.75) is 6.92 Å². The highest BCUT2D eigenvalue weighted by atomic mass is 19.1. The van der Waals surface area contributed by atoms with Crippen LogP contribution in [0.25, 0.3) is 6.08 Å². The minimum Gasteiger partial charge on any atom is -0.481 e. The Kier molecular flexibility index (Phi) is 4.52. The second-order valence-corrected chi connectivity index (χ2v) is 5.42. The van der Waals surface area contributed by atoms with Crippen LogP contribution in [0.5, 0.6) is 11.5 Å². The largest absolute Gasteiger partial charge is 0.481 e. The molecule has 0 fully saturated rings. The molecule has 6 heteroatoms.